The third-order valence-corrected chi connectivity index (χ3v) is 5.74. The van der Waals surface area contributed by atoms with Crippen molar-refractivity contribution in [1.82, 2.24) is 25.1 Å². The highest BCUT2D eigenvalue weighted by atomic mass is 16.5. The van der Waals surface area contributed by atoms with Crippen molar-refractivity contribution in [3.63, 3.8) is 0 Å². The average Bonchev–Trinajstić information content (AvgIpc) is 3.37. The SMILES string of the molecule is COc1ccc(-c2cc(C(=O)N3CCC[C@H](C)C3)cc(-n3cnnn3)c2)c(OC)c1OC. The Morgan fingerprint density at radius 2 is 1.88 bits per heavy atom. The van der Waals surface area contributed by atoms with Gasteiger partial charge in [-0.15, -0.1) is 5.10 Å². The molecule has 2 aromatic carbocycles. The Kier molecular flexibility index (Phi) is 6.25. The molecule has 0 radical (unpaired) electrons. The second-order valence-electron chi connectivity index (χ2n) is 7.90. The molecule has 1 saturated heterocycles. The van der Waals surface area contributed by atoms with Crippen molar-refractivity contribution in [2.24, 2.45) is 5.92 Å². The minimum Gasteiger partial charge on any atom is -0.493 e. The Balaban J connectivity index is 1.85. The van der Waals surface area contributed by atoms with Gasteiger partial charge in [0.15, 0.2) is 11.5 Å². The molecule has 1 aliphatic rings. The topological polar surface area (TPSA) is 91.6 Å². The summed E-state index contributed by atoms with van der Waals surface area (Å²) >= 11 is 0. The number of rotatable bonds is 6. The van der Waals surface area contributed by atoms with Crippen molar-refractivity contribution in [3.8, 4) is 34.1 Å². The maximum Gasteiger partial charge on any atom is 0.253 e. The van der Waals surface area contributed by atoms with Gasteiger partial charge in [0.05, 0.1) is 27.0 Å². The summed E-state index contributed by atoms with van der Waals surface area (Å²) in [5.74, 6) is 2.04. The zero-order valence-corrected chi connectivity index (χ0v) is 18.7. The van der Waals surface area contributed by atoms with Crippen LogP contribution < -0.4 is 14.2 Å². The zero-order valence-electron chi connectivity index (χ0n) is 18.7. The lowest BCUT2D eigenvalue weighted by Crippen LogP contribution is -2.39. The molecule has 9 heteroatoms. The van der Waals surface area contributed by atoms with Crippen LogP contribution in [0.2, 0.25) is 0 Å². The number of piperidine rings is 1. The maximum absolute atomic E-state index is 13.4. The van der Waals surface area contributed by atoms with Gasteiger partial charge in [0.2, 0.25) is 5.75 Å². The maximum atomic E-state index is 13.4. The predicted molar refractivity (Wildman–Crippen MR) is 119 cm³/mol. The summed E-state index contributed by atoms with van der Waals surface area (Å²) in [6.45, 7) is 3.69. The number of hydrogen-bond acceptors (Lipinski definition) is 7. The molecule has 32 heavy (non-hydrogen) atoms. The van der Waals surface area contributed by atoms with E-state index in [1.54, 1.807) is 21.3 Å². The van der Waals surface area contributed by atoms with Gasteiger partial charge in [-0.3, -0.25) is 4.79 Å². The molecule has 0 N–H and O–H groups in total. The van der Waals surface area contributed by atoms with E-state index in [1.165, 1.54) is 11.0 Å². The van der Waals surface area contributed by atoms with Gasteiger partial charge in [0, 0.05) is 24.2 Å². The quantitative estimate of drug-likeness (QED) is 0.585. The molecule has 0 spiro atoms. The van der Waals surface area contributed by atoms with Crippen LogP contribution in [0.1, 0.15) is 30.1 Å². The van der Waals surface area contributed by atoms with E-state index in [2.05, 4.69) is 22.4 Å². The third kappa shape index (κ3) is 4.10. The first-order chi connectivity index (χ1) is 15.5. The highest BCUT2D eigenvalue weighted by Gasteiger charge is 2.24. The largest absolute Gasteiger partial charge is 0.493 e. The van der Waals surface area contributed by atoms with E-state index in [4.69, 9.17) is 14.2 Å². The van der Waals surface area contributed by atoms with Crippen LogP contribution in [0.15, 0.2) is 36.7 Å². The number of aromatic nitrogens is 4. The number of amides is 1. The molecule has 1 amide bonds. The Morgan fingerprint density at radius 1 is 1.06 bits per heavy atom. The molecule has 0 aliphatic carbocycles. The number of likely N-dealkylation sites (tertiary alicyclic amines) is 1. The van der Waals surface area contributed by atoms with Crippen LogP contribution in [0, 0.1) is 5.92 Å². The monoisotopic (exact) mass is 437 g/mol. The second kappa shape index (κ2) is 9.25. The first-order valence-electron chi connectivity index (χ1n) is 10.5. The number of ether oxygens (including phenoxy) is 3. The molecule has 1 aromatic heterocycles. The molecule has 1 fully saturated rings. The number of carbonyl (C=O) groups excluding carboxylic acids is 1. The molecule has 1 atom stereocenters. The van der Waals surface area contributed by atoms with Crippen LogP contribution in [-0.2, 0) is 0 Å². The molecular weight excluding hydrogens is 410 g/mol. The summed E-state index contributed by atoms with van der Waals surface area (Å²) in [4.78, 5) is 15.3. The minimum atomic E-state index is -0.00725. The first kappa shape index (κ1) is 21.6. The number of carbonyl (C=O) groups is 1. The molecule has 0 unspecified atom stereocenters. The van der Waals surface area contributed by atoms with Crippen LogP contribution in [0.25, 0.3) is 16.8 Å². The van der Waals surface area contributed by atoms with E-state index >= 15 is 0 Å². The van der Waals surface area contributed by atoms with Gasteiger partial charge in [0.1, 0.15) is 6.33 Å². The van der Waals surface area contributed by atoms with E-state index in [0.717, 1.165) is 37.1 Å². The fourth-order valence-electron chi connectivity index (χ4n) is 4.19. The van der Waals surface area contributed by atoms with Crippen molar-refractivity contribution >= 4 is 5.91 Å². The van der Waals surface area contributed by atoms with Gasteiger partial charge in [-0.05, 0) is 65.1 Å². The molecule has 3 aromatic rings. The summed E-state index contributed by atoms with van der Waals surface area (Å²) in [6, 6.07) is 9.30. The highest BCUT2D eigenvalue weighted by Crippen LogP contribution is 2.44. The standard InChI is InChI=1S/C23H27N5O4/c1-15-6-5-9-27(13-15)23(29)17-10-16(11-18(12-17)28-14-24-25-26-28)19-7-8-20(30-2)22(32-4)21(19)31-3/h7-8,10-12,14-15H,5-6,9,13H2,1-4H3/t15-/m0/s1. The molecule has 0 bridgehead atoms. The van der Waals surface area contributed by atoms with Gasteiger partial charge in [-0.25, -0.2) is 4.68 Å². The molecule has 1 aliphatic heterocycles. The Bertz CT molecular complexity index is 1100. The van der Waals surface area contributed by atoms with E-state index in [-0.39, 0.29) is 5.91 Å². The fourth-order valence-corrected chi connectivity index (χ4v) is 4.19. The summed E-state index contributed by atoms with van der Waals surface area (Å²) < 4.78 is 18.2. The highest BCUT2D eigenvalue weighted by molar-refractivity contribution is 5.97. The normalized spacial score (nSPS) is 16.0. The summed E-state index contributed by atoms with van der Waals surface area (Å²) in [7, 11) is 4.72. The van der Waals surface area contributed by atoms with Crippen LogP contribution in [-0.4, -0.2) is 65.4 Å². The number of methoxy groups -OCH3 is 3. The zero-order chi connectivity index (χ0) is 22.7. The summed E-state index contributed by atoms with van der Waals surface area (Å²) in [5, 5.41) is 11.5. The summed E-state index contributed by atoms with van der Waals surface area (Å²) in [6.07, 6.45) is 3.65. The van der Waals surface area contributed by atoms with Crippen LogP contribution >= 0.6 is 0 Å². The van der Waals surface area contributed by atoms with Crippen molar-refractivity contribution in [3.05, 3.63) is 42.2 Å². The fraction of sp³-hybridized carbons (Fsp3) is 0.391. The van der Waals surface area contributed by atoms with Crippen LogP contribution in [0.5, 0.6) is 17.2 Å². The molecule has 2 heterocycles. The minimum absolute atomic E-state index is 0.00725. The molecule has 9 nitrogen and oxygen atoms in total. The van der Waals surface area contributed by atoms with Crippen molar-refractivity contribution in [2.45, 2.75) is 19.8 Å². The number of tetrazole rings is 1. The van der Waals surface area contributed by atoms with E-state index in [9.17, 15) is 4.79 Å². The molecule has 0 saturated carbocycles. The first-order valence-corrected chi connectivity index (χ1v) is 10.5. The number of hydrogen-bond donors (Lipinski definition) is 0. The predicted octanol–water partition coefficient (Wildman–Crippen LogP) is 3.23. The lowest BCUT2D eigenvalue weighted by molar-refractivity contribution is 0.0683. The van der Waals surface area contributed by atoms with Crippen LogP contribution in [0.4, 0.5) is 0 Å². The van der Waals surface area contributed by atoms with Gasteiger partial charge in [-0.1, -0.05) is 6.92 Å². The van der Waals surface area contributed by atoms with E-state index in [1.807, 2.05) is 35.2 Å². The Labute approximate surface area is 186 Å². The average molecular weight is 438 g/mol. The third-order valence-electron chi connectivity index (χ3n) is 5.74. The lowest BCUT2D eigenvalue weighted by atomic mass is 9.97. The summed E-state index contributed by atoms with van der Waals surface area (Å²) in [5.41, 5.74) is 2.79. The Morgan fingerprint density at radius 3 is 2.53 bits per heavy atom. The van der Waals surface area contributed by atoms with E-state index < -0.39 is 0 Å². The lowest BCUT2D eigenvalue weighted by Gasteiger charge is -2.31. The smallest absolute Gasteiger partial charge is 0.253 e. The van der Waals surface area contributed by atoms with Crippen LogP contribution in [0.3, 0.4) is 0 Å². The molecule has 168 valence electrons. The van der Waals surface area contributed by atoms with Gasteiger partial charge in [0.25, 0.3) is 5.91 Å². The van der Waals surface area contributed by atoms with Gasteiger partial charge < -0.3 is 19.1 Å². The molecule has 4 rings (SSSR count). The van der Waals surface area contributed by atoms with Gasteiger partial charge >= 0.3 is 0 Å². The number of nitrogens with zero attached hydrogens (tertiary/aromatic N) is 5. The second-order valence-corrected chi connectivity index (χ2v) is 7.90. The van der Waals surface area contributed by atoms with Crippen molar-refractivity contribution in [1.29, 1.82) is 0 Å². The van der Waals surface area contributed by atoms with Crippen molar-refractivity contribution < 1.29 is 19.0 Å². The number of benzene rings is 2. The van der Waals surface area contributed by atoms with E-state index in [0.29, 0.717) is 34.4 Å². The molecular formula is C23H27N5O4. The van der Waals surface area contributed by atoms with Gasteiger partial charge in [-0.2, -0.15) is 0 Å². The van der Waals surface area contributed by atoms with Crippen molar-refractivity contribution in [2.75, 3.05) is 34.4 Å². The Hall–Kier alpha value is -3.62.